The van der Waals surface area contributed by atoms with Gasteiger partial charge in [-0.05, 0) is 52.0 Å². The topological polar surface area (TPSA) is 75.1 Å². The van der Waals surface area contributed by atoms with Crippen LogP contribution in [0.5, 0.6) is 11.5 Å². The number of aromatic nitrogens is 1. The Hall–Kier alpha value is -3.26. The summed E-state index contributed by atoms with van der Waals surface area (Å²) >= 11 is 6.61. The van der Waals surface area contributed by atoms with Crippen molar-refractivity contribution >= 4 is 34.3 Å². The fourth-order valence-electron chi connectivity index (χ4n) is 4.38. The van der Waals surface area contributed by atoms with Gasteiger partial charge >= 0.3 is 6.09 Å². The number of fused-ring (bicyclic) bond motifs is 1. The summed E-state index contributed by atoms with van der Waals surface area (Å²) in [5.41, 5.74) is 1.17. The first-order chi connectivity index (χ1) is 16.5. The Kier molecular flexibility index (Phi) is 6.68. The van der Waals surface area contributed by atoms with E-state index in [0.29, 0.717) is 36.5 Å². The molecule has 1 fully saturated rings. The third kappa shape index (κ3) is 4.93. The van der Waals surface area contributed by atoms with Gasteiger partial charge in [-0.25, -0.2) is 9.18 Å². The normalized spacial score (nSPS) is 16.5. The highest BCUT2D eigenvalue weighted by atomic mass is 35.5. The van der Waals surface area contributed by atoms with Crippen LogP contribution in [0.4, 0.5) is 14.9 Å². The van der Waals surface area contributed by atoms with Gasteiger partial charge in [0.15, 0.2) is 5.75 Å². The average Bonchev–Trinajstić information content (AvgIpc) is 2.77. The van der Waals surface area contributed by atoms with E-state index < -0.39 is 11.4 Å². The van der Waals surface area contributed by atoms with Crippen molar-refractivity contribution < 1.29 is 23.8 Å². The monoisotopic (exact) mass is 501 g/mol. The van der Waals surface area contributed by atoms with Crippen molar-refractivity contribution in [1.82, 2.24) is 9.88 Å². The zero-order valence-electron chi connectivity index (χ0n) is 20.4. The first-order valence-electron chi connectivity index (χ1n) is 11.4. The molecule has 1 unspecified atom stereocenters. The average molecular weight is 502 g/mol. The van der Waals surface area contributed by atoms with Gasteiger partial charge in [0.2, 0.25) is 0 Å². The minimum atomic E-state index is -0.577. The lowest BCUT2D eigenvalue weighted by molar-refractivity contribution is 0.0159. The zero-order valence-corrected chi connectivity index (χ0v) is 21.2. The first-order valence-corrected chi connectivity index (χ1v) is 11.8. The molecule has 1 saturated heterocycles. The van der Waals surface area contributed by atoms with Crippen LogP contribution < -0.4 is 9.64 Å². The minimum absolute atomic E-state index is 0.0261. The van der Waals surface area contributed by atoms with Gasteiger partial charge in [0.1, 0.15) is 17.2 Å². The van der Waals surface area contributed by atoms with Crippen LogP contribution in [0, 0.1) is 5.82 Å². The molecule has 0 radical (unpaired) electrons. The van der Waals surface area contributed by atoms with Gasteiger partial charge in [0.05, 0.1) is 30.1 Å². The van der Waals surface area contributed by atoms with Gasteiger partial charge in [-0.1, -0.05) is 17.7 Å². The zero-order chi connectivity index (χ0) is 25.5. The highest BCUT2D eigenvalue weighted by Crippen LogP contribution is 2.43. The predicted octanol–water partition coefficient (Wildman–Crippen LogP) is 5.85. The van der Waals surface area contributed by atoms with Crippen LogP contribution >= 0.6 is 11.6 Å². The molecule has 0 aliphatic carbocycles. The highest BCUT2D eigenvalue weighted by Gasteiger charge is 2.32. The van der Waals surface area contributed by atoms with E-state index in [1.165, 1.54) is 18.2 Å². The molecule has 2 heterocycles. The Morgan fingerprint density at radius 1 is 1.26 bits per heavy atom. The van der Waals surface area contributed by atoms with Crippen molar-refractivity contribution in [2.45, 2.75) is 39.3 Å². The molecule has 9 heteroatoms. The largest absolute Gasteiger partial charge is 0.507 e. The fourth-order valence-corrected chi connectivity index (χ4v) is 4.64. The summed E-state index contributed by atoms with van der Waals surface area (Å²) in [5.74, 6) is -0.216. The Balaban J connectivity index is 1.73. The Morgan fingerprint density at radius 2 is 2.00 bits per heavy atom. The van der Waals surface area contributed by atoms with Gasteiger partial charge < -0.3 is 24.4 Å². The number of amides is 1. The van der Waals surface area contributed by atoms with E-state index in [0.717, 1.165) is 11.1 Å². The third-order valence-corrected chi connectivity index (χ3v) is 6.26. The first kappa shape index (κ1) is 24.9. The van der Waals surface area contributed by atoms with Crippen molar-refractivity contribution in [3.8, 4) is 22.6 Å². The fraction of sp³-hybridized carbons (Fsp3) is 0.385. The number of benzene rings is 2. The van der Waals surface area contributed by atoms with E-state index in [9.17, 15) is 14.3 Å². The van der Waals surface area contributed by atoms with Gasteiger partial charge in [-0.2, -0.15) is 0 Å². The van der Waals surface area contributed by atoms with Crippen LogP contribution in [0.15, 0.2) is 36.5 Å². The van der Waals surface area contributed by atoms with Gasteiger partial charge in [-0.3, -0.25) is 4.98 Å². The van der Waals surface area contributed by atoms with Crippen LogP contribution in [0.1, 0.15) is 27.7 Å². The van der Waals surface area contributed by atoms with E-state index in [1.54, 1.807) is 30.3 Å². The lowest BCUT2D eigenvalue weighted by Crippen LogP contribution is -2.55. The molecular formula is C26H29ClFN3O4. The van der Waals surface area contributed by atoms with E-state index in [2.05, 4.69) is 9.88 Å². The van der Waals surface area contributed by atoms with Crippen molar-refractivity contribution in [2.75, 3.05) is 31.6 Å². The Labute approximate surface area is 209 Å². The van der Waals surface area contributed by atoms with Crippen LogP contribution in [0.25, 0.3) is 22.0 Å². The number of hydrogen-bond acceptors (Lipinski definition) is 6. The summed E-state index contributed by atoms with van der Waals surface area (Å²) in [6.45, 7) is 9.07. The number of carbonyl (C=O) groups is 1. The number of pyridine rings is 1. The molecule has 0 bridgehead atoms. The number of halogens is 2. The number of rotatable bonds is 3. The van der Waals surface area contributed by atoms with Crippen molar-refractivity contribution in [2.24, 2.45) is 0 Å². The molecular weight excluding hydrogens is 473 g/mol. The molecule has 0 saturated carbocycles. The molecule has 3 aromatic rings. The van der Waals surface area contributed by atoms with Gasteiger partial charge in [0, 0.05) is 41.6 Å². The number of methoxy groups -OCH3 is 1. The molecule has 1 amide bonds. The quantitative estimate of drug-likeness (QED) is 0.485. The maximum atomic E-state index is 14.5. The number of anilines is 1. The lowest BCUT2D eigenvalue weighted by atomic mass is 10.0. The predicted molar refractivity (Wildman–Crippen MR) is 135 cm³/mol. The van der Waals surface area contributed by atoms with Crippen molar-refractivity contribution in [1.29, 1.82) is 0 Å². The molecule has 1 atom stereocenters. The van der Waals surface area contributed by atoms with Crippen LogP contribution in [0.3, 0.4) is 0 Å². The highest BCUT2D eigenvalue weighted by molar-refractivity contribution is 6.34. The second-order valence-corrected chi connectivity index (χ2v) is 10.0. The molecule has 2 aromatic carbocycles. The Morgan fingerprint density at radius 3 is 2.63 bits per heavy atom. The van der Waals surface area contributed by atoms with E-state index >= 15 is 0 Å². The molecule has 1 aliphatic heterocycles. The number of phenols is 1. The van der Waals surface area contributed by atoms with Gasteiger partial charge in [0.25, 0.3) is 0 Å². The van der Waals surface area contributed by atoms with E-state index in [1.807, 2.05) is 27.7 Å². The Bertz CT molecular complexity index is 1260. The molecule has 0 spiro atoms. The van der Waals surface area contributed by atoms with E-state index in [-0.39, 0.29) is 28.5 Å². The number of hydrogen-bond donors (Lipinski definition) is 1. The summed E-state index contributed by atoms with van der Waals surface area (Å²) in [4.78, 5) is 21.0. The van der Waals surface area contributed by atoms with Crippen molar-refractivity contribution in [3.63, 3.8) is 0 Å². The second kappa shape index (κ2) is 9.41. The van der Waals surface area contributed by atoms with Crippen molar-refractivity contribution in [3.05, 3.63) is 47.4 Å². The maximum Gasteiger partial charge on any atom is 0.410 e. The molecule has 35 heavy (non-hydrogen) atoms. The minimum Gasteiger partial charge on any atom is -0.507 e. The van der Waals surface area contributed by atoms with E-state index in [4.69, 9.17) is 21.1 Å². The number of carbonyl (C=O) groups excluding carboxylic acids is 1. The summed E-state index contributed by atoms with van der Waals surface area (Å²) in [7, 11) is 1.57. The standard InChI is InChI=1S/C26H29ClFN3O4/c1-15-14-30(9-10-31(15)25(33)35-26(2,3)4)24-17-11-18(27)16(12-20(17)29-13-22(24)34-5)23-19(28)7-6-8-21(23)32/h6-8,11-13,15,32H,9-10,14H2,1-5H3. The molecule has 186 valence electrons. The molecule has 4 rings (SSSR count). The number of aromatic hydroxyl groups is 1. The maximum absolute atomic E-state index is 14.5. The number of phenolic OH excluding ortho intramolecular Hbond substituents is 1. The van der Waals surface area contributed by atoms with Crippen LogP contribution in [-0.4, -0.2) is 59.5 Å². The molecule has 7 nitrogen and oxygen atoms in total. The van der Waals surface area contributed by atoms with Crippen LogP contribution in [0.2, 0.25) is 5.02 Å². The summed E-state index contributed by atoms with van der Waals surface area (Å²) in [5, 5.41) is 11.3. The number of piperazine rings is 1. The van der Waals surface area contributed by atoms with Crippen LogP contribution in [-0.2, 0) is 4.74 Å². The van der Waals surface area contributed by atoms with Gasteiger partial charge in [-0.15, -0.1) is 0 Å². The SMILES string of the molecule is COc1cnc2cc(-c3c(O)cccc3F)c(Cl)cc2c1N1CCN(C(=O)OC(C)(C)C)C(C)C1. The molecule has 1 N–H and O–H groups in total. The summed E-state index contributed by atoms with van der Waals surface area (Å²) in [6, 6.07) is 7.39. The summed E-state index contributed by atoms with van der Waals surface area (Å²) in [6.07, 6.45) is 1.27. The summed E-state index contributed by atoms with van der Waals surface area (Å²) < 4.78 is 25.7. The second-order valence-electron chi connectivity index (χ2n) is 9.63. The molecule has 1 aromatic heterocycles. The smallest absolute Gasteiger partial charge is 0.410 e. The number of ether oxygens (including phenoxy) is 2. The number of nitrogens with zero attached hydrogens (tertiary/aromatic N) is 3. The lowest BCUT2D eigenvalue weighted by Gasteiger charge is -2.41. The molecule has 1 aliphatic rings. The third-order valence-electron chi connectivity index (χ3n) is 5.95.